The summed E-state index contributed by atoms with van der Waals surface area (Å²) in [6.07, 6.45) is 2.96. The Labute approximate surface area is 128 Å². The molecule has 3 heteroatoms. The van der Waals surface area contributed by atoms with Gasteiger partial charge in [0.2, 0.25) is 0 Å². The van der Waals surface area contributed by atoms with Crippen LogP contribution in [0.1, 0.15) is 38.3 Å². The van der Waals surface area contributed by atoms with Gasteiger partial charge in [0.15, 0.2) is 0 Å². The van der Waals surface area contributed by atoms with Crippen molar-refractivity contribution in [3.05, 3.63) is 48.0 Å². The van der Waals surface area contributed by atoms with Crippen molar-refractivity contribution in [2.75, 3.05) is 13.7 Å². The van der Waals surface area contributed by atoms with Crippen LogP contribution in [0.3, 0.4) is 0 Å². The third kappa shape index (κ3) is 6.13. The number of rotatable bonds is 7. The number of ether oxygens (including phenoxy) is 1. The molecule has 1 rings (SSSR count). The standard InChI is InChI=1S/C18H27NO2/c1-6-11-19-16(13-17(20)21-5)12-14-7-9-15(10-8-14)18(2,3)4/h6-10,16,19H,1,11-13H2,2-5H3. The number of carbonyl (C=O) groups excluding carboxylic acids is 1. The summed E-state index contributed by atoms with van der Waals surface area (Å²) >= 11 is 0. The predicted molar refractivity (Wildman–Crippen MR) is 87.5 cm³/mol. The fraction of sp³-hybridized carbons (Fsp3) is 0.500. The fourth-order valence-electron chi connectivity index (χ4n) is 2.18. The molecule has 0 fully saturated rings. The van der Waals surface area contributed by atoms with Crippen molar-refractivity contribution in [1.82, 2.24) is 5.32 Å². The first-order chi connectivity index (χ1) is 9.86. The van der Waals surface area contributed by atoms with Gasteiger partial charge in [0, 0.05) is 12.6 Å². The molecule has 3 nitrogen and oxygen atoms in total. The second kappa shape index (κ2) is 7.99. The number of hydrogen-bond donors (Lipinski definition) is 1. The van der Waals surface area contributed by atoms with Crippen LogP contribution in [0.4, 0.5) is 0 Å². The molecule has 0 aromatic heterocycles. The summed E-state index contributed by atoms with van der Waals surface area (Å²) in [6, 6.07) is 8.67. The van der Waals surface area contributed by atoms with Crippen LogP contribution in [0.25, 0.3) is 0 Å². The summed E-state index contributed by atoms with van der Waals surface area (Å²) in [7, 11) is 1.42. The van der Waals surface area contributed by atoms with Crippen molar-refractivity contribution in [1.29, 1.82) is 0 Å². The van der Waals surface area contributed by atoms with Gasteiger partial charge in [0.05, 0.1) is 13.5 Å². The number of carbonyl (C=O) groups is 1. The van der Waals surface area contributed by atoms with Crippen LogP contribution in [0.5, 0.6) is 0 Å². The summed E-state index contributed by atoms with van der Waals surface area (Å²) in [4.78, 5) is 11.5. The second-order valence-electron chi connectivity index (χ2n) is 6.33. The maximum atomic E-state index is 11.5. The number of nitrogens with one attached hydrogen (secondary N) is 1. The van der Waals surface area contributed by atoms with Gasteiger partial charge >= 0.3 is 5.97 Å². The van der Waals surface area contributed by atoms with Gasteiger partial charge in [0.25, 0.3) is 0 Å². The van der Waals surface area contributed by atoms with Gasteiger partial charge in [0.1, 0.15) is 0 Å². The third-order valence-corrected chi connectivity index (χ3v) is 3.49. The summed E-state index contributed by atoms with van der Waals surface area (Å²) < 4.78 is 4.76. The van der Waals surface area contributed by atoms with Crippen molar-refractivity contribution >= 4 is 5.97 Å². The highest BCUT2D eigenvalue weighted by atomic mass is 16.5. The Balaban J connectivity index is 2.73. The summed E-state index contributed by atoms with van der Waals surface area (Å²) in [5, 5.41) is 3.31. The SMILES string of the molecule is C=CCNC(CC(=O)OC)Cc1ccc(C(C)(C)C)cc1. The average molecular weight is 289 g/mol. The number of benzene rings is 1. The zero-order valence-electron chi connectivity index (χ0n) is 13.6. The lowest BCUT2D eigenvalue weighted by Gasteiger charge is -2.20. The molecule has 1 aromatic carbocycles. The van der Waals surface area contributed by atoms with Gasteiger partial charge in [-0.25, -0.2) is 0 Å². The molecule has 0 radical (unpaired) electrons. The van der Waals surface area contributed by atoms with Crippen LogP contribution < -0.4 is 5.32 Å². The number of esters is 1. The van der Waals surface area contributed by atoms with Gasteiger partial charge in [-0.05, 0) is 23.0 Å². The molecule has 0 aliphatic rings. The minimum Gasteiger partial charge on any atom is -0.469 e. The van der Waals surface area contributed by atoms with Crippen LogP contribution in [0.2, 0.25) is 0 Å². The molecule has 0 amide bonds. The molecule has 0 aliphatic carbocycles. The molecule has 0 heterocycles. The van der Waals surface area contributed by atoms with Gasteiger partial charge in [-0.2, -0.15) is 0 Å². The van der Waals surface area contributed by atoms with Crippen molar-refractivity contribution in [3.63, 3.8) is 0 Å². The molecule has 21 heavy (non-hydrogen) atoms. The molecular formula is C18H27NO2. The van der Waals surface area contributed by atoms with Crippen molar-refractivity contribution in [3.8, 4) is 0 Å². The summed E-state index contributed by atoms with van der Waals surface area (Å²) in [6.45, 7) is 11.0. The van der Waals surface area contributed by atoms with Gasteiger partial charge in [-0.15, -0.1) is 6.58 Å². The van der Waals surface area contributed by atoms with Crippen LogP contribution in [-0.4, -0.2) is 25.7 Å². The van der Waals surface area contributed by atoms with Gasteiger partial charge < -0.3 is 10.1 Å². The molecule has 116 valence electrons. The van der Waals surface area contributed by atoms with E-state index in [-0.39, 0.29) is 17.4 Å². The van der Waals surface area contributed by atoms with E-state index in [0.717, 1.165) is 6.42 Å². The molecule has 0 bridgehead atoms. The smallest absolute Gasteiger partial charge is 0.307 e. The van der Waals surface area contributed by atoms with Crippen molar-refractivity contribution in [2.45, 2.75) is 45.1 Å². The minimum absolute atomic E-state index is 0.0657. The lowest BCUT2D eigenvalue weighted by Crippen LogP contribution is -2.33. The van der Waals surface area contributed by atoms with Crippen LogP contribution in [0, 0.1) is 0 Å². The Kier molecular flexibility index (Phi) is 6.63. The Morgan fingerprint density at radius 1 is 1.33 bits per heavy atom. The average Bonchev–Trinajstić information content (AvgIpc) is 2.44. The summed E-state index contributed by atoms with van der Waals surface area (Å²) in [5.74, 6) is -0.192. The Morgan fingerprint density at radius 2 is 1.95 bits per heavy atom. The predicted octanol–water partition coefficient (Wildman–Crippen LogP) is 3.23. The monoisotopic (exact) mass is 289 g/mol. The van der Waals surface area contributed by atoms with E-state index < -0.39 is 0 Å². The Hall–Kier alpha value is -1.61. The van der Waals surface area contributed by atoms with Crippen LogP contribution in [-0.2, 0) is 21.4 Å². The van der Waals surface area contributed by atoms with E-state index >= 15 is 0 Å². The van der Waals surface area contributed by atoms with E-state index in [4.69, 9.17) is 4.74 Å². The van der Waals surface area contributed by atoms with E-state index in [2.05, 4.69) is 56.9 Å². The quantitative estimate of drug-likeness (QED) is 0.618. The highest BCUT2D eigenvalue weighted by Crippen LogP contribution is 2.22. The van der Waals surface area contributed by atoms with Crippen LogP contribution >= 0.6 is 0 Å². The molecule has 0 spiro atoms. The van der Waals surface area contributed by atoms with E-state index in [9.17, 15) is 4.79 Å². The van der Waals surface area contributed by atoms with E-state index in [0.29, 0.717) is 13.0 Å². The molecule has 1 N–H and O–H groups in total. The Bertz CT molecular complexity index is 457. The van der Waals surface area contributed by atoms with Gasteiger partial charge in [-0.1, -0.05) is 51.1 Å². The first-order valence-corrected chi connectivity index (χ1v) is 7.37. The van der Waals surface area contributed by atoms with Crippen molar-refractivity contribution in [2.24, 2.45) is 0 Å². The zero-order chi connectivity index (χ0) is 15.9. The maximum absolute atomic E-state index is 11.5. The molecule has 0 saturated carbocycles. The molecule has 1 unspecified atom stereocenters. The van der Waals surface area contributed by atoms with E-state index in [1.165, 1.54) is 18.2 Å². The lowest BCUT2D eigenvalue weighted by atomic mass is 9.86. The summed E-state index contributed by atoms with van der Waals surface area (Å²) in [5.41, 5.74) is 2.69. The molecule has 0 saturated heterocycles. The molecule has 1 aromatic rings. The lowest BCUT2D eigenvalue weighted by molar-refractivity contribution is -0.141. The highest BCUT2D eigenvalue weighted by molar-refractivity contribution is 5.70. The van der Waals surface area contributed by atoms with Crippen molar-refractivity contribution < 1.29 is 9.53 Å². The normalized spacial score (nSPS) is 12.8. The third-order valence-electron chi connectivity index (χ3n) is 3.49. The Morgan fingerprint density at radius 3 is 2.43 bits per heavy atom. The first-order valence-electron chi connectivity index (χ1n) is 7.37. The minimum atomic E-state index is -0.192. The maximum Gasteiger partial charge on any atom is 0.307 e. The molecule has 1 atom stereocenters. The second-order valence-corrected chi connectivity index (χ2v) is 6.33. The zero-order valence-corrected chi connectivity index (χ0v) is 13.6. The van der Waals surface area contributed by atoms with E-state index in [1.807, 2.05) is 0 Å². The largest absolute Gasteiger partial charge is 0.469 e. The molecule has 0 aliphatic heterocycles. The fourth-order valence-corrected chi connectivity index (χ4v) is 2.18. The van der Waals surface area contributed by atoms with E-state index in [1.54, 1.807) is 6.08 Å². The first kappa shape index (κ1) is 17.4. The number of methoxy groups -OCH3 is 1. The van der Waals surface area contributed by atoms with Crippen LogP contribution in [0.15, 0.2) is 36.9 Å². The number of hydrogen-bond acceptors (Lipinski definition) is 3. The topological polar surface area (TPSA) is 38.3 Å². The highest BCUT2D eigenvalue weighted by Gasteiger charge is 2.16. The van der Waals surface area contributed by atoms with Gasteiger partial charge in [-0.3, -0.25) is 4.79 Å². The molecular weight excluding hydrogens is 262 g/mol.